The summed E-state index contributed by atoms with van der Waals surface area (Å²) in [4.78, 5) is 53.0. The number of nitrogens with two attached hydrogens (primary N) is 3. The molecule has 10 N–H and O–H groups in total. The molecule has 32 heavy (non-hydrogen) atoms. The molecule has 0 bridgehead atoms. The molecule has 0 aromatic heterocycles. The summed E-state index contributed by atoms with van der Waals surface area (Å²) in [6.07, 6.45) is 1.73. The summed E-state index contributed by atoms with van der Waals surface area (Å²) in [6.45, 7) is 7.13. The lowest BCUT2D eigenvalue weighted by Crippen LogP contribution is -2.58. The van der Waals surface area contributed by atoms with Gasteiger partial charge in [0, 0.05) is 6.54 Å². The van der Waals surface area contributed by atoms with Crippen molar-refractivity contribution in [3.63, 3.8) is 0 Å². The maximum Gasteiger partial charge on any atom is 0.326 e. The topological polar surface area (TPSA) is 215 Å². The Bertz CT molecular complexity index is 667. The average Bonchev–Trinajstić information content (AvgIpc) is 2.75. The lowest BCUT2D eigenvalue weighted by molar-refractivity contribution is -0.144. The molecule has 0 fully saturated rings. The Morgan fingerprint density at radius 1 is 0.906 bits per heavy atom. The number of carboxylic acids is 1. The first kappa shape index (κ1) is 29.1. The number of carboxylic acid groups (broad SMARTS) is 1. The zero-order valence-electron chi connectivity index (χ0n) is 19.4. The summed E-state index contributed by atoms with van der Waals surface area (Å²) < 4.78 is 0. The van der Waals surface area contributed by atoms with Crippen LogP contribution in [0.1, 0.15) is 53.4 Å². The number of guanidine groups is 1. The standard InChI is InChI=1S/C20H39N7O5/c1-5-11(3)15(18(30)27-16(19(31)32)12(4)6-2)26-17(29)13(25-14(28)10-21)8-7-9-24-20(22)23/h11-13,15-16H,5-10,21H2,1-4H3,(H,25,28)(H,26,29)(H,27,30)(H,31,32)(H4,22,23,24). The van der Waals surface area contributed by atoms with Gasteiger partial charge in [-0.3, -0.25) is 19.4 Å². The van der Waals surface area contributed by atoms with Gasteiger partial charge in [0.15, 0.2) is 5.96 Å². The molecule has 0 saturated carbocycles. The third-order valence-corrected chi connectivity index (χ3v) is 5.35. The smallest absolute Gasteiger partial charge is 0.326 e. The van der Waals surface area contributed by atoms with Crippen LogP contribution in [0.25, 0.3) is 0 Å². The first-order valence-corrected chi connectivity index (χ1v) is 10.9. The molecule has 12 nitrogen and oxygen atoms in total. The van der Waals surface area contributed by atoms with Crippen LogP contribution in [-0.2, 0) is 19.2 Å². The van der Waals surface area contributed by atoms with Crippen LogP contribution >= 0.6 is 0 Å². The number of amides is 3. The fourth-order valence-electron chi connectivity index (χ4n) is 2.91. The summed E-state index contributed by atoms with van der Waals surface area (Å²) in [5.74, 6) is -3.50. The molecule has 12 heteroatoms. The molecular formula is C20H39N7O5. The van der Waals surface area contributed by atoms with E-state index in [9.17, 15) is 24.3 Å². The van der Waals surface area contributed by atoms with Crippen molar-refractivity contribution in [3.8, 4) is 0 Å². The highest BCUT2D eigenvalue weighted by Gasteiger charge is 2.33. The van der Waals surface area contributed by atoms with Crippen molar-refractivity contribution in [3.05, 3.63) is 0 Å². The molecule has 0 rings (SSSR count). The van der Waals surface area contributed by atoms with Crippen LogP contribution in [0.2, 0.25) is 0 Å². The number of aliphatic carboxylic acids is 1. The van der Waals surface area contributed by atoms with E-state index in [1.54, 1.807) is 13.8 Å². The zero-order valence-corrected chi connectivity index (χ0v) is 19.4. The largest absolute Gasteiger partial charge is 0.480 e. The van der Waals surface area contributed by atoms with Crippen molar-refractivity contribution < 1.29 is 24.3 Å². The molecule has 3 amide bonds. The number of nitrogens with one attached hydrogen (secondary N) is 3. The molecule has 0 aliphatic carbocycles. The minimum absolute atomic E-state index is 0.0835. The Balaban J connectivity index is 5.48. The van der Waals surface area contributed by atoms with Crippen LogP contribution in [-0.4, -0.2) is 66.0 Å². The highest BCUT2D eigenvalue weighted by atomic mass is 16.4. The van der Waals surface area contributed by atoms with Crippen molar-refractivity contribution in [2.75, 3.05) is 13.1 Å². The second-order valence-electron chi connectivity index (χ2n) is 7.85. The second-order valence-corrected chi connectivity index (χ2v) is 7.85. The van der Waals surface area contributed by atoms with Crippen molar-refractivity contribution in [1.29, 1.82) is 0 Å². The Morgan fingerprint density at radius 2 is 1.44 bits per heavy atom. The van der Waals surface area contributed by atoms with Crippen LogP contribution in [0.4, 0.5) is 0 Å². The van der Waals surface area contributed by atoms with Gasteiger partial charge in [0.05, 0.1) is 6.54 Å². The summed E-state index contributed by atoms with van der Waals surface area (Å²) in [5.41, 5.74) is 15.9. The van der Waals surface area contributed by atoms with Crippen LogP contribution in [0, 0.1) is 11.8 Å². The molecule has 0 aliphatic heterocycles. The molecule has 0 aromatic rings. The lowest BCUT2D eigenvalue weighted by Gasteiger charge is -2.29. The van der Waals surface area contributed by atoms with Gasteiger partial charge in [-0.25, -0.2) is 4.79 Å². The fourth-order valence-corrected chi connectivity index (χ4v) is 2.91. The highest BCUT2D eigenvalue weighted by molar-refractivity contribution is 5.93. The SMILES string of the molecule is CCC(C)C(NC(=O)C(NC(=O)C(CCCN=C(N)N)NC(=O)CN)C(C)CC)C(=O)O. The number of rotatable bonds is 15. The van der Waals surface area contributed by atoms with E-state index in [1.165, 1.54) is 0 Å². The van der Waals surface area contributed by atoms with E-state index >= 15 is 0 Å². The van der Waals surface area contributed by atoms with Gasteiger partial charge in [0.25, 0.3) is 0 Å². The van der Waals surface area contributed by atoms with Gasteiger partial charge >= 0.3 is 5.97 Å². The summed E-state index contributed by atoms with van der Waals surface area (Å²) in [7, 11) is 0. The number of carbonyl (C=O) groups is 4. The number of aliphatic imine (C=N–C) groups is 1. The maximum atomic E-state index is 12.9. The van der Waals surface area contributed by atoms with Gasteiger partial charge in [0.1, 0.15) is 18.1 Å². The van der Waals surface area contributed by atoms with Gasteiger partial charge in [-0.2, -0.15) is 0 Å². The number of hydrogen-bond acceptors (Lipinski definition) is 6. The van der Waals surface area contributed by atoms with E-state index < -0.39 is 41.8 Å². The number of nitrogens with zero attached hydrogens (tertiary/aromatic N) is 1. The average molecular weight is 458 g/mol. The van der Waals surface area contributed by atoms with Gasteiger partial charge in [0.2, 0.25) is 17.7 Å². The van der Waals surface area contributed by atoms with E-state index in [0.717, 1.165) is 0 Å². The third kappa shape index (κ3) is 10.4. The molecule has 0 aromatic carbocycles. The summed E-state index contributed by atoms with van der Waals surface area (Å²) in [6, 6.07) is -3.01. The summed E-state index contributed by atoms with van der Waals surface area (Å²) in [5, 5.41) is 17.2. The number of hydrogen-bond donors (Lipinski definition) is 7. The van der Waals surface area contributed by atoms with E-state index in [1.807, 2.05) is 13.8 Å². The molecular weight excluding hydrogens is 418 g/mol. The molecule has 5 unspecified atom stereocenters. The van der Waals surface area contributed by atoms with E-state index in [-0.39, 0.29) is 37.3 Å². The molecule has 184 valence electrons. The third-order valence-electron chi connectivity index (χ3n) is 5.35. The molecule has 0 radical (unpaired) electrons. The summed E-state index contributed by atoms with van der Waals surface area (Å²) >= 11 is 0. The van der Waals surface area contributed by atoms with Gasteiger partial charge in [-0.05, 0) is 24.7 Å². The first-order chi connectivity index (χ1) is 15.0. The second kappa shape index (κ2) is 15.0. The van der Waals surface area contributed by atoms with Gasteiger partial charge < -0.3 is 38.3 Å². The Morgan fingerprint density at radius 3 is 1.91 bits per heavy atom. The molecule has 0 saturated heterocycles. The quantitative estimate of drug-likeness (QED) is 0.0882. The lowest BCUT2D eigenvalue weighted by atomic mass is 9.95. The predicted octanol–water partition coefficient (Wildman–Crippen LogP) is -1.37. The van der Waals surface area contributed by atoms with Crippen molar-refractivity contribution in [2.24, 2.45) is 34.0 Å². The predicted molar refractivity (Wildman–Crippen MR) is 121 cm³/mol. The molecule has 0 heterocycles. The number of carbonyl (C=O) groups excluding carboxylic acids is 3. The van der Waals surface area contributed by atoms with Crippen LogP contribution in [0.5, 0.6) is 0 Å². The molecule has 0 spiro atoms. The van der Waals surface area contributed by atoms with Crippen molar-refractivity contribution in [1.82, 2.24) is 16.0 Å². The van der Waals surface area contributed by atoms with Crippen molar-refractivity contribution in [2.45, 2.75) is 71.5 Å². The highest BCUT2D eigenvalue weighted by Crippen LogP contribution is 2.13. The van der Waals surface area contributed by atoms with Crippen LogP contribution in [0.15, 0.2) is 4.99 Å². The molecule has 5 atom stereocenters. The Kier molecular flexibility index (Phi) is 13.6. The van der Waals surface area contributed by atoms with Crippen LogP contribution < -0.4 is 33.2 Å². The van der Waals surface area contributed by atoms with E-state index in [2.05, 4.69) is 20.9 Å². The zero-order chi connectivity index (χ0) is 24.8. The fraction of sp³-hybridized carbons (Fsp3) is 0.750. The normalized spacial score (nSPS) is 15.4. The van der Waals surface area contributed by atoms with Gasteiger partial charge in [-0.1, -0.05) is 40.5 Å². The van der Waals surface area contributed by atoms with E-state index in [4.69, 9.17) is 17.2 Å². The minimum atomic E-state index is -1.14. The minimum Gasteiger partial charge on any atom is -0.480 e. The maximum absolute atomic E-state index is 12.9. The molecule has 0 aliphatic rings. The van der Waals surface area contributed by atoms with Gasteiger partial charge in [-0.15, -0.1) is 0 Å². The monoisotopic (exact) mass is 457 g/mol. The first-order valence-electron chi connectivity index (χ1n) is 10.9. The Hall–Kier alpha value is -2.89. The van der Waals surface area contributed by atoms with E-state index in [0.29, 0.717) is 19.3 Å². The van der Waals surface area contributed by atoms with Crippen molar-refractivity contribution >= 4 is 29.7 Å². The Labute approximate surface area is 189 Å². The van der Waals surface area contributed by atoms with Crippen LogP contribution in [0.3, 0.4) is 0 Å².